The molecule has 0 heterocycles. The molecule has 1 rings (SSSR count). The lowest BCUT2D eigenvalue weighted by atomic mass is 10.1. The molecule has 0 unspecified atom stereocenters. The van der Waals surface area contributed by atoms with Crippen LogP contribution >= 0.6 is 23.2 Å². The summed E-state index contributed by atoms with van der Waals surface area (Å²) in [6.45, 7) is 4.41. The molecule has 0 saturated carbocycles. The summed E-state index contributed by atoms with van der Waals surface area (Å²) in [7, 11) is -3.27. The zero-order valence-corrected chi connectivity index (χ0v) is 16.3. The second-order valence-electron chi connectivity index (χ2n) is 5.56. The number of halogens is 2. The Morgan fingerprint density at radius 1 is 1.25 bits per heavy atom. The lowest BCUT2D eigenvalue weighted by Gasteiger charge is -2.21. The molecule has 1 aromatic carbocycles. The monoisotopic (exact) mass is 394 g/mol. The van der Waals surface area contributed by atoms with Crippen molar-refractivity contribution in [2.45, 2.75) is 33.1 Å². The van der Waals surface area contributed by atoms with Gasteiger partial charge in [-0.05, 0) is 30.5 Å². The van der Waals surface area contributed by atoms with Gasteiger partial charge in [0, 0.05) is 36.6 Å². The van der Waals surface area contributed by atoms with Gasteiger partial charge in [-0.25, -0.2) is 13.1 Å². The lowest BCUT2D eigenvalue weighted by molar-refractivity contribution is -0.128. The van der Waals surface area contributed by atoms with Gasteiger partial charge in [0.1, 0.15) is 0 Å². The largest absolute Gasteiger partial charge is 0.341 e. The van der Waals surface area contributed by atoms with Gasteiger partial charge in [0.25, 0.3) is 0 Å². The number of carbonyl (C=O) groups is 1. The standard InChI is InChI=1S/C16H24Cl2N2O3S/c1-3-4-11-24(22,23)19-8-10-20(13(2)21)9-7-14-5-6-15(17)12-16(14)18/h5-6,12,19H,3-4,7-11H2,1-2H3. The van der Waals surface area contributed by atoms with Crippen molar-refractivity contribution in [2.24, 2.45) is 0 Å². The first-order chi connectivity index (χ1) is 11.2. The average molecular weight is 395 g/mol. The third-order valence-electron chi connectivity index (χ3n) is 3.58. The molecule has 0 aliphatic heterocycles. The van der Waals surface area contributed by atoms with E-state index in [1.54, 1.807) is 17.0 Å². The summed E-state index contributed by atoms with van der Waals surface area (Å²) < 4.78 is 26.0. The Labute approximate surface area is 154 Å². The number of sulfonamides is 1. The molecule has 0 atom stereocenters. The number of rotatable bonds is 10. The van der Waals surface area contributed by atoms with E-state index in [0.717, 1.165) is 12.0 Å². The van der Waals surface area contributed by atoms with Gasteiger partial charge in [0.2, 0.25) is 15.9 Å². The summed E-state index contributed by atoms with van der Waals surface area (Å²) in [5.41, 5.74) is 0.899. The van der Waals surface area contributed by atoms with Crippen molar-refractivity contribution < 1.29 is 13.2 Å². The molecule has 0 saturated heterocycles. The third kappa shape index (κ3) is 7.83. The van der Waals surface area contributed by atoms with Gasteiger partial charge in [0.15, 0.2) is 0 Å². The predicted molar refractivity (Wildman–Crippen MR) is 99.1 cm³/mol. The van der Waals surface area contributed by atoms with Crippen molar-refractivity contribution in [1.82, 2.24) is 9.62 Å². The minimum absolute atomic E-state index is 0.104. The summed E-state index contributed by atoms with van der Waals surface area (Å²) in [6, 6.07) is 5.25. The van der Waals surface area contributed by atoms with Crippen LogP contribution in [0, 0.1) is 0 Å². The summed E-state index contributed by atoms with van der Waals surface area (Å²) >= 11 is 12.0. The van der Waals surface area contributed by atoms with Crippen LogP contribution in [0.2, 0.25) is 10.0 Å². The molecule has 24 heavy (non-hydrogen) atoms. The third-order valence-corrected chi connectivity index (χ3v) is 5.64. The van der Waals surface area contributed by atoms with E-state index in [1.807, 2.05) is 13.0 Å². The van der Waals surface area contributed by atoms with Crippen LogP contribution in [0.25, 0.3) is 0 Å². The number of carbonyl (C=O) groups excluding carboxylic acids is 1. The SMILES string of the molecule is CCCCS(=O)(=O)NCCN(CCc1ccc(Cl)cc1Cl)C(C)=O. The maximum Gasteiger partial charge on any atom is 0.219 e. The minimum Gasteiger partial charge on any atom is -0.341 e. The first-order valence-electron chi connectivity index (χ1n) is 7.92. The Hall–Kier alpha value is -0.820. The molecule has 0 aromatic heterocycles. The second-order valence-corrected chi connectivity index (χ2v) is 8.33. The van der Waals surface area contributed by atoms with Gasteiger partial charge < -0.3 is 4.90 Å². The molecule has 1 N–H and O–H groups in total. The van der Waals surface area contributed by atoms with E-state index in [2.05, 4.69) is 4.72 Å². The topological polar surface area (TPSA) is 66.5 Å². The van der Waals surface area contributed by atoms with Crippen molar-refractivity contribution in [1.29, 1.82) is 0 Å². The fourth-order valence-corrected chi connectivity index (χ4v) is 3.87. The number of hydrogen-bond donors (Lipinski definition) is 1. The highest BCUT2D eigenvalue weighted by atomic mass is 35.5. The molecule has 8 heteroatoms. The van der Waals surface area contributed by atoms with Crippen LogP contribution in [-0.4, -0.2) is 44.6 Å². The van der Waals surface area contributed by atoms with Crippen molar-refractivity contribution in [2.75, 3.05) is 25.4 Å². The van der Waals surface area contributed by atoms with Gasteiger partial charge in [0.05, 0.1) is 5.75 Å². The highest BCUT2D eigenvalue weighted by Crippen LogP contribution is 2.21. The van der Waals surface area contributed by atoms with Gasteiger partial charge in [-0.15, -0.1) is 0 Å². The van der Waals surface area contributed by atoms with E-state index in [1.165, 1.54) is 6.92 Å². The first kappa shape index (κ1) is 21.2. The van der Waals surface area contributed by atoms with Gasteiger partial charge in [-0.1, -0.05) is 42.6 Å². The zero-order chi connectivity index (χ0) is 18.2. The maximum atomic E-state index is 11.8. The van der Waals surface area contributed by atoms with Crippen LogP contribution in [0.3, 0.4) is 0 Å². The number of nitrogens with one attached hydrogen (secondary N) is 1. The highest BCUT2D eigenvalue weighted by molar-refractivity contribution is 7.89. The Bertz CT molecular complexity index is 651. The number of benzene rings is 1. The van der Waals surface area contributed by atoms with E-state index in [0.29, 0.717) is 36.0 Å². The molecule has 1 aromatic rings. The van der Waals surface area contributed by atoms with Crippen LogP contribution in [0.4, 0.5) is 0 Å². The average Bonchev–Trinajstić information content (AvgIpc) is 2.49. The van der Waals surface area contributed by atoms with Crippen molar-refractivity contribution in [3.05, 3.63) is 33.8 Å². The van der Waals surface area contributed by atoms with Crippen LogP contribution in [0.5, 0.6) is 0 Å². The maximum absolute atomic E-state index is 11.8. The molecule has 0 spiro atoms. The van der Waals surface area contributed by atoms with Gasteiger partial charge >= 0.3 is 0 Å². The molecule has 0 bridgehead atoms. The van der Waals surface area contributed by atoms with E-state index in [9.17, 15) is 13.2 Å². The molecule has 0 fully saturated rings. The zero-order valence-electron chi connectivity index (χ0n) is 14.0. The van der Waals surface area contributed by atoms with Crippen molar-refractivity contribution in [3.63, 3.8) is 0 Å². The van der Waals surface area contributed by atoms with Crippen molar-refractivity contribution in [3.8, 4) is 0 Å². The number of hydrogen-bond acceptors (Lipinski definition) is 3. The van der Waals surface area contributed by atoms with Crippen LogP contribution in [0.1, 0.15) is 32.3 Å². The Morgan fingerprint density at radius 2 is 1.96 bits per heavy atom. The van der Waals surface area contributed by atoms with Gasteiger partial charge in [-0.2, -0.15) is 0 Å². The number of unbranched alkanes of at least 4 members (excludes halogenated alkanes) is 1. The Kier molecular flexibility index (Phi) is 9.05. The van der Waals surface area contributed by atoms with Crippen molar-refractivity contribution >= 4 is 39.1 Å². The van der Waals surface area contributed by atoms with E-state index >= 15 is 0 Å². The van der Waals surface area contributed by atoms with E-state index in [4.69, 9.17) is 23.2 Å². The molecule has 136 valence electrons. The summed E-state index contributed by atoms with van der Waals surface area (Å²) in [4.78, 5) is 13.3. The van der Waals surface area contributed by atoms with Gasteiger partial charge in [-0.3, -0.25) is 4.79 Å². The molecule has 5 nitrogen and oxygen atoms in total. The molecule has 0 radical (unpaired) electrons. The van der Waals surface area contributed by atoms with Crippen LogP contribution in [-0.2, 0) is 21.2 Å². The summed E-state index contributed by atoms with van der Waals surface area (Å²) in [5.74, 6) is 0.0112. The molecule has 0 aliphatic carbocycles. The fraction of sp³-hybridized carbons (Fsp3) is 0.562. The Morgan fingerprint density at radius 3 is 2.54 bits per heavy atom. The highest BCUT2D eigenvalue weighted by Gasteiger charge is 2.13. The predicted octanol–water partition coefficient (Wildman–Crippen LogP) is 3.10. The summed E-state index contributed by atoms with van der Waals surface area (Å²) in [6.07, 6.45) is 2.03. The Balaban J connectivity index is 2.51. The molecule has 1 amide bonds. The lowest BCUT2D eigenvalue weighted by Crippen LogP contribution is -2.39. The minimum atomic E-state index is -3.27. The summed E-state index contributed by atoms with van der Waals surface area (Å²) in [5, 5.41) is 1.12. The van der Waals surface area contributed by atoms with E-state index < -0.39 is 10.0 Å². The van der Waals surface area contributed by atoms with Crippen LogP contribution in [0.15, 0.2) is 18.2 Å². The number of amides is 1. The molecular formula is C16H24Cl2N2O3S. The van der Waals surface area contributed by atoms with Crippen LogP contribution < -0.4 is 4.72 Å². The molecule has 0 aliphatic rings. The second kappa shape index (κ2) is 10.2. The molecular weight excluding hydrogens is 371 g/mol. The fourth-order valence-electron chi connectivity index (χ4n) is 2.15. The van der Waals surface area contributed by atoms with E-state index in [-0.39, 0.29) is 18.2 Å². The normalized spacial score (nSPS) is 11.5. The quantitative estimate of drug-likeness (QED) is 0.662. The number of nitrogens with zero attached hydrogens (tertiary/aromatic N) is 1. The first-order valence-corrected chi connectivity index (χ1v) is 10.3. The smallest absolute Gasteiger partial charge is 0.219 e.